The Morgan fingerprint density at radius 2 is 2.50 bits per heavy atom. The highest BCUT2D eigenvalue weighted by Gasteiger charge is 2.10. The molecule has 0 aliphatic rings. The van der Waals surface area contributed by atoms with Crippen molar-refractivity contribution in [3.8, 4) is 0 Å². The van der Waals surface area contributed by atoms with E-state index in [4.69, 9.17) is 4.55 Å². The van der Waals surface area contributed by atoms with Gasteiger partial charge in [0.1, 0.15) is 0 Å². The third kappa shape index (κ3) is 1.06. The van der Waals surface area contributed by atoms with Crippen molar-refractivity contribution in [3.05, 3.63) is 11.1 Å². The molecule has 0 spiro atoms. The van der Waals surface area contributed by atoms with Crippen LogP contribution in [0.15, 0.2) is 10.5 Å². The first-order chi connectivity index (χ1) is 5.68. The lowest BCUT2D eigenvalue weighted by Crippen LogP contribution is -1.93. The maximum absolute atomic E-state index is 10.6. The Bertz CT molecular complexity index is 446. The number of hydrogen-bond acceptors (Lipinski definition) is 4. The van der Waals surface area contributed by atoms with Crippen molar-refractivity contribution < 1.29 is 8.76 Å². The molecule has 12 heavy (non-hydrogen) atoms. The standard InChI is InChI=1S/C5H5N3O2S2/c1-3-2-11-5-6-4(12(9)10)7-8(3)5/h2H,1H3,(H,9,10). The fourth-order valence-electron chi connectivity index (χ4n) is 0.848. The summed E-state index contributed by atoms with van der Waals surface area (Å²) in [6.07, 6.45) is 0. The third-order valence-electron chi connectivity index (χ3n) is 1.38. The van der Waals surface area contributed by atoms with Gasteiger partial charge in [-0.15, -0.1) is 16.4 Å². The number of thiazole rings is 1. The van der Waals surface area contributed by atoms with E-state index in [1.165, 1.54) is 11.3 Å². The SMILES string of the molecule is Cc1csc2nc(S(=O)O)nn12. The minimum absolute atomic E-state index is 0.0371. The zero-order valence-electron chi connectivity index (χ0n) is 6.09. The molecule has 0 aliphatic heterocycles. The number of hydrogen-bond donors (Lipinski definition) is 1. The third-order valence-corrected chi connectivity index (χ3v) is 2.80. The van der Waals surface area contributed by atoms with Crippen molar-refractivity contribution in [1.82, 2.24) is 14.6 Å². The predicted octanol–water partition coefficient (Wildman–Crippen LogP) is 0.680. The molecule has 1 atom stereocenters. The molecule has 0 fully saturated rings. The number of fused-ring (bicyclic) bond motifs is 1. The molecule has 0 saturated carbocycles. The lowest BCUT2D eigenvalue weighted by Gasteiger charge is -1.83. The van der Waals surface area contributed by atoms with Gasteiger partial charge in [0.15, 0.2) is 0 Å². The lowest BCUT2D eigenvalue weighted by molar-refractivity contribution is 0.554. The molecule has 1 unspecified atom stereocenters. The Morgan fingerprint density at radius 1 is 1.75 bits per heavy atom. The molecule has 0 bridgehead atoms. The van der Waals surface area contributed by atoms with Crippen LogP contribution < -0.4 is 0 Å². The molecule has 0 aromatic carbocycles. The first-order valence-corrected chi connectivity index (χ1v) is 5.09. The molecule has 64 valence electrons. The van der Waals surface area contributed by atoms with E-state index in [-0.39, 0.29) is 5.16 Å². The number of aryl methyl sites for hydroxylation is 1. The van der Waals surface area contributed by atoms with Crippen molar-refractivity contribution in [1.29, 1.82) is 0 Å². The van der Waals surface area contributed by atoms with Crippen LogP contribution in [0.3, 0.4) is 0 Å². The minimum atomic E-state index is -2.08. The van der Waals surface area contributed by atoms with E-state index >= 15 is 0 Å². The molecular weight excluding hydrogens is 198 g/mol. The summed E-state index contributed by atoms with van der Waals surface area (Å²) in [6, 6.07) is 0. The molecule has 0 aliphatic carbocycles. The molecule has 5 nitrogen and oxygen atoms in total. The number of aromatic nitrogens is 3. The first-order valence-electron chi connectivity index (χ1n) is 3.10. The Kier molecular flexibility index (Phi) is 1.71. The second-order valence-corrected chi connectivity index (χ2v) is 3.92. The molecule has 0 amide bonds. The summed E-state index contributed by atoms with van der Waals surface area (Å²) >= 11 is -0.689. The zero-order valence-corrected chi connectivity index (χ0v) is 7.72. The van der Waals surface area contributed by atoms with Gasteiger partial charge in [-0.25, -0.2) is 8.72 Å². The quantitative estimate of drug-likeness (QED) is 0.692. The van der Waals surface area contributed by atoms with Crippen LogP contribution in [-0.2, 0) is 11.1 Å². The lowest BCUT2D eigenvalue weighted by atomic mass is 10.6. The Morgan fingerprint density at radius 3 is 3.08 bits per heavy atom. The van der Waals surface area contributed by atoms with Crippen LogP contribution in [0.2, 0.25) is 0 Å². The maximum Gasteiger partial charge on any atom is 0.268 e. The van der Waals surface area contributed by atoms with Crippen LogP contribution in [0.5, 0.6) is 0 Å². The van der Waals surface area contributed by atoms with Crippen LogP contribution in [0.25, 0.3) is 4.96 Å². The molecule has 1 N–H and O–H groups in total. The highest BCUT2D eigenvalue weighted by Crippen LogP contribution is 2.13. The molecule has 2 heterocycles. The first kappa shape index (κ1) is 7.84. The second-order valence-electron chi connectivity index (χ2n) is 2.21. The monoisotopic (exact) mass is 203 g/mol. The average molecular weight is 203 g/mol. The highest BCUT2D eigenvalue weighted by molar-refractivity contribution is 7.79. The van der Waals surface area contributed by atoms with E-state index in [2.05, 4.69) is 10.1 Å². The van der Waals surface area contributed by atoms with Crippen LogP contribution >= 0.6 is 11.3 Å². The molecule has 2 aromatic heterocycles. The minimum Gasteiger partial charge on any atom is -0.300 e. The fourth-order valence-corrected chi connectivity index (χ4v) is 2.02. The van der Waals surface area contributed by atoms with Gasteiger partial charge in [-0.2, -0.15) is 4.98 Å². The smallest absolute Gasteiger partial charge is 0.268 e. The topological polar surface area (TPSA) is 67.5 Å². The normalized spacial score (nSPS) is 13.8. The Labute approximate surface area is 74.3 Å². The van der Waals surface area contributed by atoms with Crippen LogP contribution in [0, 0.1) is 6.92 Å². The maximum atomic E-state index is 10.6. The van der Waals surface area contributed by atoms with Crippen molar-refractivity contribution >= 4 is 27.4 Å². The molecule has 2 aromatic rings. The van der Waals surface area contributed by atoms with E-state index in [0.717, 1.165) is 5.69 Å². The van der Waals surface area contributed by atoms with Gasteiger partial charge in [0.25, 0.3) is 5.16 Å². The van der Waals surface area contributed by atoms with Gasteiger partial charge in [-0.3, -0.25) is 4.55 Å². The molecule has 2 rings (SSSR count). The second kappa shape index (κ2) is 2.61. The van der Waals surface area contributed by atoms with Crippen LogP contribution in [0.4, 0.5) is 0 Å². The van der Waals surface area contributed by atoms with Gasteiger partial charge < -0.3 is 0 Å². The Balaban J connectivity index is 2.70. The van der Waals surface area contributed by atoms with Gasteiger partial charge in [-0.05, 0) is 6.92 Å². The summed E-state index contributed by atoms with van der Waals surface area (Å²) in [6.45, 7) is 1.86. The fraction of sp³-hybridized carbons (Fsp3) is 0.200. The van der Waals surface area contributed by atoms with Crippen molar-refractivity contribution in [2.45, 2.75) is 12.1 Å². The molecule has 0 radical (unpaired) electrons. The van der Waals surface area contributed by atoms with Crippen molar-refractivity contribution in [2.75, 3.05) is 0 Å². The largest absolute Gasteiger partial charge is 0.300 e. The van der Waals surface area contributed by atoms with Crippen molar-refractivity contribution in [2.24, 2.45) is 0 Å². The van der Waals surface area contributed by atoms with E-state index in [0.29, 0.717) is 4.96 Å². The highest BCUT2D eigenvalue weighted by atomic mass is 32.2. The van der Waals surface area contributed by atoms with E-state index in [1.807, 2.05) is 12.3 Å². The molecular formula is C5H5N3O2S2. The summed E-state index contributed by atoms with van der Waals surface area (Å²) in [4.78, 5) is 4.50. The zero-order chi connectivity index (χ0) is 8.72. The molecule has 7 heteroatoms. The average Bonchev–Trinajstić information content (AvgIpc) is 2.53. The number of rotatable bonds is 1. The summed E-state index contributed by atoms with van der Waals surface area (Å²) in [5.74, 6) is 0. The number of nitrogens with zero attached hydrogens (tertiary/aromatic N) is 3. The van der Waals surface area contributed by atoms with Crippen molar-refractivity contribution in [3.63, 3.8) is 0 Å². The summed E-state index contributed by atoms with van der Waals surface area (Å²) < 4.78 is 20.8. The van der Waals surface area contributed by atoms with Crippen LogP contribution in [-0.4, -0.2) is 23.4 Å². The van der Waals surface area contributed by atoms with E-state index < -0.39 is 11.1 Å². The van der Waals surface area contributed by atoms with Gasteiger partial charge >= 0.3 is 0 Å². The Hall–Kier alpha value is -0.790. The van der Waals surface area contributed by atoms with Gasteiger partial charge in [0.2, 0.25) is 16.0 Å². The predicted molar refractivity (Wildman–Crippen MR) is 44.6 cm³/mol. The summed E-state index contributed by atoms with van der Waals surface area (Å²) in [7, 11) is 0. The molecule has 0 saturated heterocycles. The van der Waals surface area contributed by atoms with Gasteiger partial charge in [-0.1, -0.05) is 0 Å². The summed E-state index contributed by atoms with van der Waals surface area (Å²) in [5.41, 5.74) is 0.916. The van der Waals surface area contributed by atoms with E-state index in [1.54, 1.807) is 4.52 Å². The van der Waals surface area contributed by atoms with Gasteiger partial charge in [0, 0.05) is 5.38 Å². The van der Waals surface area contributed by atoms with Crippen LogP contribution in [0.1, 0.15) is 5.69 Å². The van der Waals surface area contributed by atoms with Gasteiger partial charge in [0.05, 0.1) is 5.69 Å². The van der Waals surface area contributed by atoms with E-state index in [9.17, 15) is 4.21 Å². The summed E-state index contributed by atoms with van der Waals surface area (Å²) in [5, 5.41) is 5.69.